The molecule has 0 bridgehead atoms. The number of rotatable bonds is 6. The van der Waals surface area contributed by atoms with Crippen molar-refractivity contribution < 1.29 is 4.42 Å². The summed E-state index contributed by atoms with van der Waals surface area (Å²) < 4.78 is 9.15. The number of fused-ring (bicyclic) bond motifs is 7. The van der Waals surface area contributed by atoms with Gasteiger partial charge in [-0.25, -0.2) is 0 Å². The van der Waals surface area contributed by atoms with E-state index in [0.29, 0.717) is 0 Å². The van der Waals surface area contributed by atoms with Gasteiger partial charge in [-0.1, -0.05) is 154 Å². The minimum Gasteiger partial charge on any atom is -0.456 e. The number of benzene rings is 8. The highest BCUT2D eigenvalue weighted by Crippen LogP contribution is 2.48. The minimum absolute atomic E-state index is 0.110. The maximum atomic E-state index is 6.62. The molecule has 1 radical (unpaired) electrons. The van der Waals surface area contributed by atoms with E-state index in [0.717, 1.165) is 50.4 Å². The summed E-state index contributed by atoms with van der Waals surface area (Å²) in [5, 5.41) is 7.53. The SMILES string of the molecule is CC1(C)CCC(C)(C)c2cc(Nc3ccccc3-c3cc(-c4ccccc4)c4c5cc(-c6ccccc6)ccc5n5c4c3[B]c3cc4oc(-c6ccccc6)cc4cc3-5)ccc21. The number of hydrogen-bond donors (Lipinski definition) is 1. The summed E-state index contributed by atoms with van der Waals surface area (Å²) in [5.74, 6) is 0.872. The molecular weight excluding hydrogens is 751 g/mol. The van der Waals surface area contributed by atoms with E-state index in [-0.39, 0.29) is 10.8 Å². The van der Waals surface area contributed by atoms with E-state index >= 15 is 0 Å². The van der Waals surface area contributed by atoms with Crippen LogP contribution < -0.4 is 16.2 Å². The molecular formula is C58H46BN2O. The quantitative estimate of drug-likeness (QED) is 0.170. The van der Waals surface area contributed by atoms with Crippen molar-refractivity contribution in [3.63, 3.8) is 0 Å². The third-order valence-electron chi connectivity index (χ3n) is 13.9. The first-order valence-electron chi connectivity index (χ1n) is 22.0. The second kappa shape index (κ2) is 13.7. The molecule has 3 heterocycles. The molecule has 2 aliphatic rings. The maximum Gasteiger partial charge on any atom is 0.198 e. The normalized spacial score (nSPS) is 14.7. The van der Waals surface area contributed by atoms with Gasteiger partial charge in [0.25, 0.3) is 0 Å². The van der Waals surface area contributed by atoms with Gasteiger partial charge in [0.2, 0.25) is 0 Å². The van der Waals surface area contributed by atoms with Crippen molar-refractivity contribution in [2.75, 3.05) is 5.32 Å². The summed E-state index contributed by atoms with van der Waals surface area (Å²) in [6.45, 7) is 9.59. The number of hydrogen-bond acceptors (Lipinski definition) is 2. The van der Waals surface area contributed by atoms with Crippen LogP contribution in [0.3, 0.4) is 0 Å². The summed E-state index contributed by atoms with van der Waals surface area (Å²) in [7, 11) is 2.41. The molecule has 0 fully saturated rings. The smallest absolute Gasteiger partial charge is 0.198 e. The first-order chi connectivity index (χ1) is 30.2. The van der Waals surface area contributed by atoms with Crippen LogP contribution in [0.1, 0.15) is 51.7 Å². The highest BCUT2D eigenvalue weighted by Gasteiger charge is 2.37. The monoisotopic (exact) mass is 797 g/mol. The van der Waals surface area contributed by atoms with E-state index in [1.54, 1.807) is 0 Å². The van der Waals surface area contributed by atoms with Crippen LogP contribution in [0, 0.1) is 0 Å². The second-order valence-corrected chi connectivity index (χ2v) is 18.7. The molecule has 0 spiro atoms. The van der Waals surface area contributed by atoms with Crippen LogP contribution in [0.2, 0.25) is 0 Å². The van der Waals surface area contributed by atoms with Crippen LogP contribution in [0.25, 0.3) is 83.2 Å². The van der Waals surface area contributed by atoms with E-state index < -0.39 is 0 Å². The first-order valence-corrected chi connectivity index (χ1v) is 22.0. The Morgan fingerprint density at radius 1 is 0.548 bits per heavy atom. The van der Waals surface area contributed by atoms with E-state index in [1.165, 1.54) is 79.1 Å². The number of anilines is 2. The molecule has 297 valence electrons. The highest BCUT2D eigenvalue weighted by atomic mass is 16.3. The first kappa shape index (κ1) is 36.8. The Morgan fingerprint density at radius 3 is 1.98 bits per heavy atom. The number of furan rings is 1. The molecule has 0 amide bonds. The number of para-hydroxylation sites is 1. The standard InChI is InChI=1S/C58H46BN2O/c1-57(2)28-29-58(3,4)47-33-41(25-26-46(47)57)60-49-23-15-14-22-42(49)44-34-43(37-18-10-6-11-19-37)54-45-30-39(36-16-8-5-9-17-36)24-27-50(45)61-51-31-40-32-52(38-20-12-7-13-21-38)62-53(40)35-48(51)59-55(44)56(54)61/h5-27,30-35,60H,28-29H2,1-4H3. The summed E-state index contributed by atoms with van der Waals surface area (Å²) in [5.41, 5.74) is 20.4. The van der Waals surface area contributed by atoms with E-state index in [2.05, 4.69) is 215 Å². The lowest BCUT2D eigenvalue weighted by molar-refractivity contribution is 0.332. The van der Waals surface area contributed by atoms with Crippen molar-refractivity contribution in [2.45, 2.75) is 51.4 Å². The topological polar surface area (TPSA) is 30.1 Å². The second-order valence-electron chi connectivity index (χ2n) is 18.7. The van der Waals surface area contributed by atoms with Gasteiger partial charge in [0.1, 0.15) is 11.3 Å². The van der Waals surface area contributed by atoms with Crippen LogP contribution in [-0.4, -0.2) is 11.8 Å². The average molecular weight is 798 g/mol. The molecule has 0 unspecified atom stereocenters. The molecule has 2 aromatic heterocycles. The Labute approximate surface area is 363 Å². The van der Waals surface area contributed by atoms with Gasteiger partial charge in [0, 0.05) is 49.9 Å². The Bertz CT molecular complexity index is 3390. The number of nitrogens with zero attached hydrogens (tertiary/aromatic N) is 1. The molecule has 1 aliphatic carbocycles. The van der Waals surface area contributed by atoms with Gasteiger partial charge >= 0.3 is 0 Å². The fourth-order valence-electron chi connectivity index (χ4n) is 10.5. The molecule has 0 saturated carbocycles. The van der Waals surface area contributed by atoms with Crippen molar-refractivity contribution in [3.8, 4) is 50.4 Å². The predicted octanol–water partition coefficient (Wildman–Crippen LogP) is 14.3. The zero-order valence-corrected chi connectivity index (χ0v) is 35.6. The maximum absolute atomic E-state index is 6.62. The lowest BCUT2D eigenvalue weighted by Gasteiger charge is -2.42. The molecule has 8 aromatic carbocycles. The van der Waals surface area contributed by atoms with E-state index in [9.17, 15) is 0 Å². The average Bonchev–Trinajstić information content (AvgIpc) is 3.88. The molecule has 1 aliphatic heterocycles. The van der Waals surface area contributed by atoms with Crippen molar-refractivity contribution in [3.05, 3.63) is 187 Å². The molecule has 4 heteroatoms. The van der Waals surface area contributed by atoms with Crippen molar-refractivity contribution in [1.82, 2.24) is 4.57 Å². The van der Waals surface area contributed by atoms with Crippen molar-refractivity contribution >= 4 is 62.4 Å². The number of nitrogens with one attached hydrogen (secondary N) is 1. The predicted molar refractivity (Wildman–Crippen MR) is 262 cm³/mol. The molecule has 3 nitrogen and oxygen atoms in total. The minimum atomic E-state index is 0.110. The van der Waals surface area contributed by atoms with Gasteiger partial charge in [-0.2, -0.15) is 0 Å². The van der Waals surface area contributed by atoms with Crippen molar-refractivity contribution in [1.29, 1.82) is 0 Å². The fourth-order valence-corrected chi connectivity index (χ4v) is 10.5. The van der Waals surface area contributed by atoms with E-state index in [4.69, 9.17) is 4.42 Å². The Hall–Kier alpha value is -7.04. The molecule has 12 rings (SSSR count). The number of aromatic nitrogens is 1. The summed E-state index contributed by atoms with van der Waals surface area (Å²) >= 11 is 0. The Morgan fingerprint density at radius 2 is 1.23 bits per heavy atom. The van der Waals surface area contributed by atoms with Crippen LogP contribution in [0.4, 0.5) is 11.4 Å². The zero-order valence-electron chi connectivity index (χ0n) is 35.6. The Balaban J connectivity index is 1.12. The lowest BCUT2D eigenvalue weighted by atomic mass is 9.58. The van der Waals surface area contributed by atoms with Crippen LogP contribution in [-0.2, 0) is 10.8 Å². The molecule has 1 N–H and O–H groups in total. The largest absolute Gasteiger partial charge is 0.456 e. The van der Waals surface area contributed by atoms with Gasteiger partial charge in [-0.3, -0.25) is 0 Å². The van der Waals surface area contributed by atoms with Gasteiger partial charge < -0.3 is 14.3 Å². The highest BCUT2D eigenvalue weighted by molar-refractivity contribution is 6.74. The van der Waals surface area contributed by atoms with Gasteiger partial charge in [-0.15, -0.1) is 0 Å². The van der Waals surface area contributed by atoms with Crippen molar-refractivity contribution in [2.24, 2.45) is 0 Å². The molecule has 0 atom stereocenters. The Kier molecular flexibility index (Phi) is 8.15. The summed E-state index contributed by atoms with van der Waals surface area (Å²) in [6.07, 6.45) is 2.37. The fraction of sp³-hybridized carbons (Fsp3) is 0.138. The molecule has 62 heavy (non-hydrogen) atoms. The zero-order chi connectivity index (χ0) is 41.7. The molecule has 10 aromatic rings. The summed E-state index contributed by atoms with van der Waals surface area (Å²) in [4.78, 5) is 0. The van der Waals surface area contributed by atoms with Gasteiger partial charge in [-0.05, 0) is 123 Å². The van der Waals surface area contributed by atoms with Crippen LogP contribution >= 0.6 is 0 Å². The molecule has 0 saturated heterocycles. The van der Waals surface area contributed by atoms with Gasteiger partial charge in [0.15, 0.2) is 7.28 Å². The third kappa shape index (κ3) is 5.81. The third-order valence-corrected chi connectivity index (χ3v) is 13.9. The van der Waals surface area contributed by atoms with Crippen LogP contribution in [0.15, 0.2) is 180 Å². The summed E-state index contributed by atoms with van der Waals surface area (Å²) in [6, 6.07) is 64.2. The van der Waals surface area contributed by atoms with Gasteiger partial charge in [0.05, 0.1) is 5.52 Å². The van der Waals surface area contributed by atoms with Crippen LogP contribution in [0.5, 0.6) is 0 Å². The van der Waals surface area contributed by atoms with E-state index in [1.807, 2.05) is 6.07 Å². The lowest BCUT2D eigenvalue weighted by Crippen LogP contribution is -2.37.